The van der Waals surface area contributed by atoms with Crippen molar-refractivity contribution in [2.75, 3.05) is 27.2 Å². The first kappa shape index (κ1) is 20.4. The monoisotopic (exact) mass is 419 g/mol. The summed E-state index contributed by atoms with van der Waals surface area (Å²) in [7, 11) is -0.900. The van der Waals surface area contributed by atoms with E-state index in [1.165, 1.54) is 42.1 Å². The predicted molar refractivity (Wildman–Crippen MR) is 93.1 cm³/mol. The molecule has 8 nitrogen and oxygen atoms in total. The molecule has 1 N–H and O–H groups in total. The van der Waals surface area contributed by atoms with Gasteiger partial charge in [0.05, 0.1) is 6.04 Å². The first-order valence-corrected chi connectivity index (χ1v) is 9.96. The van der Waals surface area contributed by atoms with E-state index in [-0.39, 0.29) is 23.2 Å². The number of aromatic nitrogens is 3. The molecule has 3 heterocycles. The molecule has 3 rings (SSSR count). The summed E-state index contributed by atoms with van der Waals surface area (Å²) in [6.07, 6.45) is -0.825. The Kier molecular flexibility index (Phi) is 5.28. The Labute approximate surface area is 160 Å². The van der Waals surface area contributed by atoms with Gasteiger partial charge >= 0.3 is 6.18 Å². The lowest BCUT2D eigenvalue weighted by atomic mass is 10.1. The SMILES string of the molecule is CN(C)S(=O)(=O)c1c[nH]c(C(=O)N2CCCC(n3ccc(C(F)(F)F)n3)C2)c1. The standard InChI is InChI=1S/C16H20F3N5O3S/c1-22(2)28(26,27)12-8-13(20-9-12)15(25)23-6-3-4-11(10-23)24-7-5-14(21-24)16(17,18)19/h5,7-9,11,20H,3-4,6,10H2,1-2H3. The number of hydrogen-bond donors (Lipinski definition) is 1. The fourth-order valence-corrected chi connectivity index (χ4v) is 3.97. The van der Waals surface area contributed by atoms with Crippen molar-refractivity contribution >= 4 is 15.9 Å². The largest absolute Gasteiger partial charge is 0.435 e. The highest BCUT2D eigenvalue weighted by Gasteiger charge is 2.35. The number of hydrogen-bond acceptors (Lipinski definition) is 4. The van der Waals surface area contributed by atoms with Crippen LogP contribution in [0.1, 0.15) is 35.1 Å². The number of H-pyrrole nitrogens is 1. The molecule has 154 valence electrons. The second kappa shape index (κ2) is 7.24. The van der Waals surface area contributed by atoms with Gasteiger partial charge in [-0.3, -0.25) is 9.48 Å². The van der Waals surface area contributed by atoms with E-state index in [2.05, 4.69) is 10.1 Å². The maximum absolute atomic E-state index is 12.8. The number of halogens is 3. The maximum Gasteiger partial charge on any atom is 0.435 e. The van der Waals surface area contributed by atoms with Gasteiger partial charge in [0.2, 0.25) is 10.0 Å². The second-order valence-corrected chi connectivity index (χ2v) is 8.91. The quantitative estimate of drug-likeness (QED) is 0.820. The number of likely N-dealkylation sites (tertiary alicyclic amines) is 1. The second-order valence-electron chi connectivity index (χ2n) is 6.76. The molecule has 0 aliphatic carbocycles. The molecule has 1 unspecified atom stereocenters. The van der Waals surface area contributed by atoms with Crippen molar-refractivity contribution in [3.63, 3.8) is 0 Å². The van der Waals surface area contributed by atoms with Crippen molar-refractivity contribution in [2.45, 2.75) is 30.0 Å². The smallest absolute Gasteiger partial charge is 0.356 e. The number of rotatable bonds is 4. The summed E-state index contributed by atoms with van der Waals surface area (Å²) in [5, 5.41) is 3.59. The molecule has 28 heavy (non-hydrogen) atoms. The van der Waals surface area contributed by atoms with Crippen LogP contribution in [0.5, 0.6) is 0 Å². The van der Waals surface area contributed by atoms with Crippen LogP contribution in [0.2, 0.25) is 0 Å². The fourth-order valence-electron chi connectivity index (χ4n) is 3.08. The van der Waals surface area contributed by atoms with Crippen LogP contribution in [-0.2, 0) is 16.2 Å². The molecule has 0 bridgehead atoms. The summed E-state index contributed by atoms with van der Waals surface area (Å²) < 4.78 is 64.8. The van der Waals surface area contributed by atoms with E-state index >= 15 is 0 Å². The molecular weight excluding hydrogens is 399 g/mol. The number of alkyl halides is 3. The summed E-state index contributed by atoms with van der Waals surface area (Å²) in [6.45, 7) is 0.615. The third-order valence-electron chi connectivity index (χ3n) is 4.62. The summed E-state index contributed by atoms with van der Waals surface area (Å²) >= 11 is 0. The van der Waals surface area contributed by atoms with Gasteiger partial charge in [0.1, 0.15) is 10.6 Å². The molecule has 1 aliphatic rings. The van der Waals surface area contributed by atoms with Crippen LogP contribution in [0.4, 0.5) is 13.2 Å². The number of amides is 1. The molecule has 1 fully saturated rings. The minimum absolute atomic E-state index is 0.0312. The first-order valence-electron chi connectivity index (χ1n) is 8.52. The van der Waals surface area contributed by atoms with Gasteiger partial charge in [-0.05, 0) is 25.0 Å². The average molecular weight is 419 g/mol. The lowest BCUT2D eigenvalue weighted by Crippen LogP contribution is -2.41. The van der Waals surface area contributed by atoms with Crippen LogP contribution in [0, 0.1) is 0 Å². The van der Waals surface area contributed by atoms with E-state index in [1.807, 2.05) is 0 Å². The van der Waals surface area contributed by atoms with E-state index in [1.54, 1.807) is 0 Å². The zero-order valence-corrected chi connectivity index (χ0v) is 16.1. The van der Waals surface area contributed by atoms with E-state index in [9.17, 15) is 26.4 Å². The van der Waals surface area contributed by atoms with Crippen molar-refractivity contribution in [3.05, 3.63) is 35.9 Å². The number of aromatic amines is 1. The van der Waals surface area contributed by atoms with Crippen LogP contribution in [0.25, 0.3) is 0 Å². The molecule has 1 atom stereocenters. The summed E-state index contributed by atoms with van der Waals surface area (Å²) in [5.74, 6) is -0.409. The van der Waals surface area contributed by atoms with Crippen molar-refractivity contribution in [1.82, 2.24) is 24.0 Å². The summed E-state index contributed by atoms with van der Waals surface area (Å²) in [5.41, 5.74) is -0.864. The average Bonchev–Trinajstić information content (AvgIpc) is 3.30. The van der Waals surface area contributed by atoms with E-state index in [0.717, 1.165) is 10.4 Å². The van der Waals surface area contributed by atoms with Crippen LogP contribution in [0.15, 0.2) is 29.4 Å². The zero-order valence-electron chi connectivity index (χ0n) is 15.3. The highest BCUT2D eigenvalue weighted by Crippen LogP contribution is 2.29. The minimum atomic E-state index is -4.52. The van der Waals surface area contributed by atoms with Crippen molar-refractivity contribution in [1.29, 1.82) is 0 Å². The van der Waals surface area contributed by atoms with E-state index in [4.69, 9.17) is 0 Å². The first-order chi connectivity index (χ1) is 13.0. The van der Waals surface area contributed by atoms with Gasteiger partial charge in [-0.1, -0.05) is 0 Å². The minimum Gasteiger partial charge on any atom is -0.356 e. The Hall–Kier alpha value is -2.34. The highest BCUT2D eigenvalue weighted by atomic mass is 32.2. The van der Waals surface area contributed by atoms with Crippen LogP contribution < -0.4 is 0 Å². The Bertz CT molecular complexity index is 964. The van der Waals surface area contributed by atoms with Crippen molar-refractivity contribution < 1.29 is 26.4 Å². The molecular formula is C16H20F3N5O3S. The van der Waals surface area contributed by atoms with Crippen molar-refractivity contribution in [2.24, 2.45) is 0 Å². The molecule has 0 saturated carbocycles. The molecule has 1 amide bonds. The van der Waals surface area contributed by atoms with Gasteiger partial charge < -0.3 is 9.88 Å². The third kappa shape index (κ3) is 3.92. The van der Waals surface area contributed by atoms with Gasteiger partial charge in [0, 0.05) is 39.6 Å². The zero-order chi connectivity index (χ0) is 20.7. The van der Waals surface area contributed by atoms with Crippen LogP contribution >= 0.6 is 0 Å². The normalized spacial score (nSPS) is 18.6. The van der Waals surface area contributed by atoms with Gasteiger partial charge in [-0.25, -0.2) is 12.7 Å². The molecule has 1 saturated heterocycles. The lowest BCUT2D eigenvalue weighted by molar-refractivity contribution is -0.141. The van der Waals surface area contributed by atoms with E-state index < -0.39 is 27.8 Å². The maximum atomic E-state index is 12.8. The van der Waals surface area contributed by atoms with Crippen molar-refractivity contribution in [3.8, 4) is 0 Å². The Morgan fingerprint density at radius 3 is 2.68 bits per heavy atom. The molecule has 2 aromatic rings. The Balaban J connectivity index is 1.75. The number of sulfonamides is 1. The van der Waals surface area contributed by atoms with Crippen LogP contribution in [-0.4, -0.2) is 65.5 Å². The highest BCUT2D eigenvalue weighted by molar-refractivity contribution is 7.89. The van der Waals surface area contributed by atoms with Gasteiger partial charge in [-0.2, -0.15) is 18.3 Å². The Morgan fingerprint density at radius 1 is 1.36 bits per heavy atom. The molecule has 0 radical (unpaired) electrons. The molecule has 2 aromatic heterocycles. The topological polar surface area (TPSA) is 91.3 Å². The fraction of sp³-hybridized carbons (Fsp3) is 0.500. The van der Waals surface area contributed by atoms with Crippen LogP contribution in [0.3, 0.4) is 0 Å². The molecule has 0 aromatic carbocycles. The number of piperidine rings is 1. The van der Waals surface area contributed by atoms with Gasteiger partial charge in [0.15, 0.2) is 5.69 Å². The summed E-state index contributed by atoms with van der Waals surface area (Å²) in [4.78, 5) is 16.9. The predicted octanol–water partition coefficient (Wildman–Crippen LogP) is 1.96. The molecule has 12 heteroatoms. The number of nitrogens with one attached hydrogen (secondary N) is 1. The van der Waals surface area contributed by atoms with E-state index in [0.29, 0.717) is 19.4 Å². The van der Waals surface area contributed by atoms with Gasteiger partial charge in [0.25, 0.3) is 5.91 Å². The molecule has 0 spiro atoms. The third-order valence-corrected chi connectivity index (χ3v) is 6.41. The van der Waals surface area contributed by atoms with Gasteiger partial charge in [-0.15, -0.1) is 0 Å². The lowest BCUT2D eigenvalue weighted by Gasteiger charge is -2.32. The number of carbonyl (C=O) groups is 1. The number of nitrogens with zero attached hydrogens (tertiary/aromatic N) is 4. The number of carbonyl (C=O) groups excluding carboxylic acids is 1. The molecule has 1 aliphatic heterocycles. The summed E-state index contributed by atoms with van der Waals surface area (Å²) in [6, 6.07) is 1.79. The Morgan fingerprint density at radius 2 is 2.07 bits per heavy atom.